The van der Waals surface area contributed by atoms with Gasteiger partial charge in [0.25, 0.3) is 5.91 Å². The predicted molar refractivity (Wildman–Crippen MR) is 102 cm³/mol. The zero-order valence-corrected chi connectivity index (χ0v) is 15.9. The fraction of sp³-hybridized carbons (Fsp3) is 0.300. The molecule has 2 aromatic heterocycles. The lowest BCUT2D eigenvalue weighted by Gasteiger charge is -2.24. The van der Waals surface area contributed by atoms with Gasteiger partial charge in [0, 0.05) is 28.5 Å². The van der Waals surface area contributed by atoms with Gasteiger partial charge in [0.15, 0.2) is 0 Å². The fourth-order valence-corrected chi connectivity index (χ4v) is 3.46. The molecule has 4 rings (SSSR count). The molecular formula is C20H21ClN4O. The molecule has 6 heteroatoms. The Kier molecular flexibility index (Phi) is 3.92. The van der Waals surface area contributed by atoms with Gasteiger partial charge < -0.3 is 9.47 Å². The van der Waals surface area contributed by atoms with E-state index in [-0.39, 0.29) is 11.4 Å². The molecule has 0 aliphatic carbocycles. The first-order valence-corrected chi connectivity index (χ1v) is 9.02. The lowest BCUT2D eigenvalue weighted by atomic mass is 10.1. The van der Waals surface area contributed by atoms with E-state index in [0.717, 1.165) is 17.1 Å². The van der Waals surface area contributed by atoms with Crippen molar-refractivity contribution in [3.63, 3.8) is 0 Å². The predicted octanol–water partition coefficient (Wildman–Crippen LogP) is 4.24. The zero-order valence-electron chi connectivity index (χ0n) is 15.1. The normalized spacial score (nSPS) is 13.9. The first-order chi connectivity index (χ1) is 12.3. The average molecular weight is 369 g/mol. The van der Waals surface area contributed by atoms with Crippen LogP contribution in [0.15, 0.2) is 48.8 Å². The lowest BCUT2D eigenvalue weighted by Crippen LogP contribution is -2.29. The molecule has 1 aromatic carbocycles. The second-order valence-corrected chi connectivity index (χ2v) is 8.03. The molecule has 5 nitrogen and oxygen atoms in total. The van der Waals surface area contributed by atoms with Crippen molar-refractivity contribution in [1.29, 1.82) is 0 Å². The van der Waals surface area contributed by atoms with Crippen molar-refractivity contribution in [2.75, 3.05) is 0 Å². The van der Waals surface area contributed by atoms with E-state index in [1.54, 1.807) is 24.3 Å². The van der Waals surface area contributed by atoms with Crippen LogP contribution in [0.25, 0.3) is 5.82 Å². The zero-order chi connectivity index (χ0) is 18.5. The second kappa shape index (κ2) is 6.02. The highest BCUT2D eigenvalue weighted by atomic mass is 35.5. The minimum absolute atomic E-state index is 0.000400. The number of hydrogen-bond acceptors (Lipinski definition) is 2. The number of hydrogen-bond donors (Lipinski definition) is 0. The topological polar surface area (TPSA) is 43.1 Å². The third kappa shape index (κ3) is 2.82. The molecule has 0 saturated carbocycles. The Morgan fingerprint density at radius 2 is 1.73 bits per heavy atom. The molecule has 0 fully saturated rings. The van der Waals surface area contributed by atoms with Crippen molar-refractivity contribution in [3.8, 4) is 5.82 Å². The number of carbonyl (C=O) groups excluding carboxylic acids is 1. The first-order valence-electron chi connectivity index (χ1n) is 8.64. The summed E-state index contributed by atoms with van der Waals surface area (Å²) in [6, 6.07) is 11.0. The highest BCUT2D eigenvalue weighted by Crippen LogP contribution is 2.32. The molecule has 1 aliphatic heterocycles. The van der Waals surface area contributed by atoms with Crippen molar-refractivity contribution in [1.82, 2.24) is 19.2 Å². The summed E-state index contributed by atoms with van der Waals surface area (Å²) in [5, 5.41) is 5.47. The maximum absolute atomic E-state index is 12.8. The summed E-state index contributed by atoms with van der Waals surface area (Å²) < 4.78 is 4.13. The van der Waals surface area contributed by atoms with Crippen molar-refractivity contribution in [2.45, 2.75) is 39.4 Å². The number of benzene rings is 1. The second-order valence-electron chi connectivity index (χ2n) is 7.59. The van der Waals surface area contributed by atoms with Gasteiger partial charge in [0.05, 0.1) is 24.3 Å². The van der Waals surface area contributed by atoms with Crippen LogP contribution in [0.3, 0.4) is 0 Å². The maximum atomic E-state index is 12.8. The molecule has 0 unspecified atom stereocenters. The van der Waals surface area contributed by atoms with E-state index in [0.29, 0.717) is 23.7 Å². The molecule has 0 N–H and O–H groups in total. The summed E-state index contributed by atoms with van der Waals surface area (Å²) in [5.74, 6) is 1.03. The molecule has 1 aliphatic rings. The van der Waals surface area contributed by atoms with Crippen LogP contribution in [-0.4, -0.2) is 25.2 Å². The van der Waals surface area contributed by atoms with Gasteiger partial charge in [0.1, 0.15) is 5.82 Å². The summed E-state index contributed by atoms with van der Waals surface area (Å²) in [4.78, 5) is 14.7. The molecule has 134 valence electrons. The molecule has 0 atom stereocenters. The number of halogens is 1. The van der Waals surface area contributed by atoms with Crippen LogP contribution in [0.2, 0.25) is 5.02 Å². The van der Waals surface area contributed by atoms with Gasteiger partial charge in [0.2, 0.25) is 0 Å². The van der Waals surface area contributed by atoms with Crippen LogP contribution in [0.5, 0.6) is 0 Å². The Balaban J connectivity index is 1.70. The third-order valence-corrected chi connectivity index (χ3v) is 4.84. The van der Waals surface area contributed by atoms with Crippen LogP contribution < -0.4 is 0 Å². The molecule has 3 heterocycles. The maximum Gasteiger partial charge on any atom is 0.254 e. The number of fused-ring (bicyclic) bond motifs is 1. The van der Waals surface area contributed by atoms with Gasteiger partial charge in [-0.15, -0.1) is 0 Å². The summed E-state index contributed by atoms with van der Waals surface area (Å²) in [5.41, 5.74) is 2.57. The Labute approximate surface area is 157 Å². The minimum Gasteiger partial charge on any atom is -0.328 e. The van der Waals surface area contributed by atoms with E-state index in [1.807, 2.05) is 29.4 Å². The number of rotatable bonds is 2. The number of amides is 1. The van der Waals surface area contributed by atoms with Gasteiger partial charge >= 0.3 is 0 Å². The fourth-order valence-electron chi connectivity index (χ4n) is 3.33. The molecule has 26 heavy (non-hydrogen) atoms. The molecule has 0 bridgehead atoms. The summed E-state index contributed by atoms with van der Waals surface area (Å²) in [6.07, 6.45) is 4.03. The Bertz CT molecular complexity index is 949. The van der Waals surface area contributed by atoms with Gasteiger partial charge in [-0.25, -0.2) is 4.68 Å². The first kappa shape index (κ1) is 16.9. The Morgan fingerprint density at radius 1 is 1.08 bits per heavy atom. The van der Waals surface area contributed by atoms with Gasteiger partial charge in [-0.05, 0) is 57.2 Å². The molecule has 0 saturated heterocycles. The monoisotopic (exact) mass is 368 g/mol. The van der Waals surface area contributed by atoms with Gasteiger partial charge in [-0.1, -0.05) is 11.6 Å². The number of carbonyl (C=O) groups is 1. The van der Waals surface area contributed by atoms with Crippen molar-refractivity contribution < 1.29 is 4.79 Å². The molecule has 1 amide bonds. The molecule has 0 spiro atoms. The third-order valence-electron chi connectivity index (χ3n) is 4.59. The summed E-state index contributed by atoms with van der Waals surface area (Å²) in [6.45, 7) is 7.49. The van der Waals surface area contributed by atoms with Gasteiger partial charge in [-0.3, -0.25) is 4.79 Å². The van der Waals surface area contributed by atoms with E-state index < -0.39 is 0 Å². The van der Waals surface area contributed by atoms with Crippen LogP contribution in [0.4, 0.5) is 0 Å². The van der Waals surface area contributed by atoms with Crippen molar-refractivity contribution in [3.05, 3.63) is 70.6 Å². The highest BCUT2D eigenvalue weighted by Gasteiger charge is 2.33. The number of nitrogens with zero attached hydrogens (tertiary/aromatic N) is 4. The largest absolute Gasteiger partial charge is 0.328 e. The van der Waals surface area contributed by atoms with Crippen LogP contribution in [-0.2, 0) is 18.6 Å². The van der Waals surface area contributed by atoms with Crippen molar-refractivity contribution in [2.24, 2.45) is 0 Å². The van der Waals surface area contributed by atoms with E-state index in [1.165, 1.54) is 0 Å². The Hall–Kier alpha value is -2.53. The van der Waals surface area contributed by atoms with E-state index in [2.05, 4.69) is 30.0 Å². The summed E-state index contributed by atoms with van der Waals surface area (Å²) >= 11 is 5.93. The summed E-state index contributed by atoms with van der Waals surface area (Å²) in [7, 11) is 0. The molecule has 0 radical (unpaired) electrons. The average Bonchev–Trinajstić information content (AvgIpc) is 3.29. The smallest absolute Gasteiger partial charge is 0.254 e. The van der Waals surface area contributed by atoms with E-state index in [4.69, 9.17) is 16.7 Å². The lowest BCUT2D eigenvalue weighted by molar-refractivity contribution is 0.0748. The Morgan fingerprint density at radius 3 is 2.35 bits per heavy atom. The van der Waals surface area contributed by atoms with Crippen LogP contribution >= 0.6 is 11.6 Å². The van der Waals surface area contributed by atoms with Gasteiger partial charge in [-0.2, -0.15) is 5.10 Å². The van der Waals surface area contributed by atoms with Crippen LogP contribution in [0.1, 0.15) is 42.4 Å². The van der Waals surface area contributed by atoms with E-state index in [9.17, 15) is 4.79 Å². The van der Waals surface area contributed by atoms with Crippen molar-refractivity contribution >= 4 is 17.5 Å². The number of aromatic nitrogens is 3. The molecular weight excluding hydrogens is 348 g/mol. The standard InChI is InChI=1S/C20H21ClN4O/c1-20(2,3)25-18(23-10-4-5-11-23)16-12-24(13-17(16)22-25)19(26)14-6-8-15(21)9-7-14/h4-11H,12-13H2,1-3H3. The molecule has 3 aromatic rings. The quantitative estimate of drug-likeness (QED) is 0.679. The highest BCUT2D eigenvalue weighted by molar-refractivity contribution is 6.30. The van der Waals surface area contributed by atoms with E-state index >= 15 is 0 Å². The minimum atomic E-state index is -0.144. The van der Waals surface area contributed by atoms with Crippen LogP contribution in [0, 0.1) is 0 Å². The SMILES string of the molecule is CC(C)(C)n1nc2c(c1-n1cccc1)CN(C(=O)c1ccc(Cl)cc1)C2.